The minimum Gasteiger partial charge on any atom is -0.493 e. The monoisotopic (exact) mass is 304 g/mol. The van der Waals surface area contributed by atoms with Crippen molar-refractivity contribution in [1.82, 2.24) is 9.13 Å². The fourth-order valence-corrected chi connectivity index (χ4v) is 3.13. The maximum Gasteiger partial charge on any atom is 0.253 e. The molecule has 2 aromatic carbocycles. The minimum atomic E-state index is -0.211. The van der Waals surface area contributed by atoms with E-state index >= 15 is 0 Å². The zero-order chi connectivity index (χ0) is 16.0. The van der Waals surface area contributed by atoms with Gasteiger partial charge in [0.1, 0.15) is 5.52 Å². The van der Waals surface area contributed by atoms with Crippen molar-refractivity contribution in [3.8, 4) is 5.88 Å². The quantitative estimate of drug-likeness (QED) is 0.618. The van der Waals surface area contributed by atoms with Gasteiger partial charge in [0.15, 0.2) is 0 Å². The Morgan fingerprint density at radius 3 is 2.43 bits per heavy atom. The Kier molecular flexibility index (Phi) is 2.98. The van der Waals surface area contributed by atoms with E-state index in [-0.39, 0.29) is 11.4 Å². The van der Waals surface area contributed by atoms with E-state index in [1.807, 2.05) is 42.5 Å². The Morgan fingerprint density at radius 2 is 1.65 bits per heavy atom. The second kappa shape index (κ2) is 5.02. The molecular formula is C19H16N2O2. The van der Waals surface area contributed by atoms with E-state index in [0.717, 1.165) is 21.9 Å². The van der Waals surface area contributed by atoms with Crippen molar-refractivity contribution in [2.45, 2.75) is 6.54 Å². The number of pyridine rings is 1. The van der Waals surface area contributed by atoms with Crippen molar-refractivity contribution >= 4 is 21.8 Å². The van der Waals surface area contributed by atoms with E-state index in [9.17, 15) is 9.90 Å². The van der Waals surface area contributed by atoms with Crippen LogP contribution < -0.4 is 5.56 Å². The van der Waals surface area contributed by atoms with E-state index in [1.165, 1.54) is 4.57 Å². The fourth-order valence-electron chi connectivity index (χ4n) is 3.13. The summed E-state index contributed by atoms with van der Waals surface area (Å²) in [4.78, 5) is 12.1. The van der Waals surface area contributed by atoms with Gasteiger partial charge in [0.25, 0.3) is 5.56 Å². The number of fused-ring (bicyclic) bond motifs is 3. The van der Waals surface area contributed by atoms with Crippen molar-refractivity contribution in [2.24, 2.45) is 7.05 Å². The lowest BCUT2D eigenvalue weighted by molar-refractivity contribution is 0.427. The summed E-state index contributed by atoms with van der Waals surface area (Å²) < 4.78 is 3.34. The first-order valence-electron chi connectivity index (χ1n) is 7.50. The number of rotatable bonds is 2. The first-order valence-corrected chi connectivity index (χ1v) is 7.50. The zero-order valence-electron chi connectivity index (χ0n) is 12.7. The average Bonchev–Trinajstić information content (AvgIpc) is 2.88. The average molecular weight is 304 g/mol. The van der Waals surface area contributed by atoms with Gasteiger partial charge in [-0.2, -0.15) is 0 Å². The van der Waals surface area contributed by atoms with Crippen LogP contribution in [0.25, 0.3) is 21.8 Å². The van der Waals surface area contributed by atoms with E-state index in [4.69, 9.17) is 0 Å². The van der Waals surface area contributed by atoms with Crippen LogP contribution >= 0.6 is 0 Å². The van der Waals surface area contributed by atoms with Crippen LogP contribution in [0.5, 0.6) is 5.88 Å². The molecule has 0 radical (unpaired) electrons. The first kappa shape index (κ1) is 13.6. The number of aromatic nitrogens is 2. The number of hydrogen-bond donors (Lipinski definition) is 1. The van der Waals surface area contributed by atoms with Crippen molar-refractivity contribution in [3.63, 3.8) is 0 Å². The van der Waals surface area contributed by atoms with Crippen molar-refractivity contribution in [1.29, 1.82) is 0 Å². The topological polar surface area (TPSA) is 47.2 Å². The number of para-hydroxylation sites is 1. The van der Waals surface area contributed by atoms with Crippen LogP contribution in [0, 0.1) is 0 Å². The van der Waals surface area contributed by atoms with Gasteiger partial charge in [-0.05, 0) is 11.6 Å². The Hall–Kier alpha value is -3.01. The number of hydrogen-bond acceptors (Lipinski definition) is 2. The molecule has 4 aromatic rings. The fraction of sp³-hybridized carbons (Fsp3) is 0.105. The van der Waals surface area contributed by atoms with Gasteiger partial charge in [-0.15, -0.1) is 0 Å². The van der Waals surface area contributed by atoms with Gasteiger partial charge in [0.2, 0.25) is 5.88 Å². The highest BCUT2D eigenvalue weighted by atomic mass is 16.3. The molecule has 4 nitrogen and oxygen atoms in total. The van der Waals surface area contributed by atoms with Gasteiger partial charge in [-0.3, -0.25) is 9.36 Å². The molecule has 0 aliphatic heterocycles. The molecule has 0 fully saturated rings. The Labute approximate surface area is 132 Å². The molecule has 23 heavy (non-hydrogen) atoms. The summed E-state index contributed by atoms with van der Waals surface area (Å²) in [5.74, 6) is -0.000342. The van der Waals surface area contributed by atoms with Crippen LogP contribution in [0.15, 0.2) is 65.5 Å². The van der Waals surface area contributed by atoms with Crippen molar-refractivity contribution in [3.05, 3.63) is 76.6 Å². The van der Waals surface area contributed by atoms with Gasteiger partial charge in [-0.25, -0.2) is 0 Å². The van der Waals surface area contributed by atoms with Gasteiger partial charge >= 0.3 is 0 Å². The maximum atomic E-state index is 12.1. The molecule has 0 atom stereocenters. The third-order valence-corrected chi connectivity index (χ3v) is 4.32. The molecule has 1 N–H and O–H groups in total. The Morgan fingerprint density at radius 1 is 0.957 bits per heavy atom. The molecule has 0 amide bonds. The molecular weight excluding hydrogens is 288 g/mol. The molecule has 2 heterocycles. The van der Waals surface area contributed by atoms with E-state index in [0.29, 0.717) is 12.1 Å². The zero-order valence-corrected chi connectivity index (χ0v) is 12.7. The molecule has 4 heteroatoms. The van der Waals surface area contributed by atoms with Crippen molar-refractivity contribution < 1.29 is 5.11 Å². The summed E-state index contributed by atoms with van der Waals surface area (Å²) in [6, 6.07) is 19.6. The third kappa shape index (κ3) is 2.03. The summed E-state index contributed by atoms with van der Waals surface area (Å²) in [5, 5.41) is 12.3. The molecule has 2 aromatic heterocycles. The standard InChI is InChI=1S/C19H16N2O2/c1-20-17(22)11-15-14-9-5-6-10-16(14)21(18(15)19(20)23)12-13-7-3-2-4-8-13/h2-11,23H,12H2,1H3. The molecule has 114 valence electrons. The SMILES string of the molecule is Cn1c(O)c2c(cc1=O)c1ccccc1n2Cc1ccccc1. The van der Waals surface area contributed by atoms with Crippen LogP contribution in [0.4, 0.5) is 0 Å². The maximum absolute atomic E-state index is 12.1. The van der Waals surface area contributed by atoms with Gasteiger partial charge in [0, 0.05) is 35.9 Å². The predicted octanol–water partition coefficient (Wildman–Crippen LogP) is 3.25. The largest absolute Gasteiger partial charge is 0.493 e. The lowest BCUT2D eigenvalue weighted by atomic mass is 10.2. The normalized spacial score (nSPS) is 11.3. The molecule has 0 aliphatic carbocycles. The van der Waals surface area contributed by atoms with Crippen LogP contribution in [-0.4, -0.2) is 14.2 Å². The highest BCUT2D eigenvalue weighted by Crippen LogP contribution is 2.33. The second-order valence-electron chi connectivity index (χ2n) is 5.72. The first-order chi connectivity index (χ1) is 11.2. The molecule has 0 bridgehead atoms. The number of aromatic hydroxyl groups is 1. The molecule has 0 aliphatic rings. The lowest BCUT2D eigenvalue weighted by Crippen LogP contribution is -2.15. The van der Waals surface area contributed by atoms with Crippen LogP contribution in [0.3, 0.4) is 0 Å². The highest BCUT2D eigenvalue weighted by Gasteiger charge is 2.16. The lowest BCUT2D eigenvalue weighted by Gasteiger charge is -2.10. The molecule has 0 saturated heterocycles. The molecule has 0 spiro atoms. The van der Waals surface area contributed by atoms with Crippen LogP contribution in [0.1, 0.15) is 5.56 Å². The third-order valence-electron chi connectivity index (χ3n) is 4.32. The van der Waals surface area contributed by atoms with Crippen LogP contribution in [-0.2, 0) is 13.6 Å². The molecule has 4 rings (SSSR count). The van der Waals surface area contributed by atoms with E-state index in [2.05, 4.69) is 16.7 Å². The Balaban J connectivity index is 2.11. The summed E-state index contributed by atoms with van der Waals surface area (Å²) in [6.07, 6.45) is 0. The predicted molar refractivity (Wildman–Crippen MR) is 91.9 cm³/mol. The smallest absolute Gasteiger partial charge is 0.253 e. The summed E-state index contributed by atoms with van der Waals surface area (Å²) in [5.41, 5.74) is 2.63. The minimum absolute atomic E-state index is 0.000342. The second-order valence-corrected chi connectivity index (χ2v) is 5.72. The summed E-state index contributed by atoms with van der Waals surface area (Å²) in [6.45, 7) is 0.636. The Bertz CT molecular complexity index is 1080. The van der Waals surface area contributed by atoms with E-state index < -0.39 is 0 Å². The summed E-state index contributed by atoms with van der Waals surface area (Å²) in [7, 11) is 1.58. The van der Waals surface area contributed by atoms with Crippen LogP contribution in [0.2, 0.25) is 0 Å². The van der Waals surface area contributed by atoms with E-state index in [1.54, 1.807) is 13.1 Å². The number of nitrogens with zero attached hydrogens (tertiary/aromatic N) is 2. The van der Waals surface area contributed by atoms with Gasteiger partial charge in [0.05, 0.1) is 0 Å². The van der Waals surface area contributed by atoms with Gasteiger partial charge < -0.3 is 9.67 Å². The highest BCUT2D eigenvalue weighted by molar-refractivity contribution is 6.09. The number of benzene rings is 2. The van der Waals surface area contributed by atoms with Crippen molar-refractivity contribution in [2.75, 3.05) is 0 Å². The molecule has 0 saturated carbocycles. The summed E-state index contributed by atoms with van der Waals surface area (Å²) >= 11 is 0. The van der Waals surface area contributed by atoms with Gasteiger partial charge in [-0.1, -0.05) is 48.5 Å². The molecule has 0 unspecified atom stereocenters.